The average molecular weight is 375 g/mol. The fourth-order valence-corrected chi connectivity index (χ4v) is 4.89. The Bertz CT molecular complexity index is 814. The molecule has 2 aromatic heterocycles. The van der Waals surface area contributed by atoms with Crippen molar-refractivity contribution >= 4 is 17.2 Å². The van der Waals surface area contributed by atoms with E-state index in [9.17, 15) is 9.90 Å². The summed E-state index contributed by atoms with van der Waals surface area (Å²) < 4.78 is 2.14. The van der Waals surface area contributed by atoms with Gasteiger partial charge in [0.15, 0.2) is 11.6 Å². The fraction of sp³-hybridized carbons (Fsp3) is 0.611. The van der Waals surface area contributed by atoms with Gasteiger partial charge in [0.05, 0.1) is 23.6 Å². The maximum Gasteiger partial charge on any atom is 0.264 e. The number of fused-ring (bicyclic) bond motifs is 1. The van der Waals surface area contributed by atoms with E-state index in [1.807, 2.05) is 23.3 Å². The smallest absolute Gasteiger partial charge is 0.264 e. The van der Waals surface area contributed by atoms with E-state index in [2.05, 4.69) is 33.5 Å². The van der Waals surface area contributed by atoms with Crippen LogP contribution in [0.5, 0.6) is 0 Å². The number of aromatic nitrogens is 3. The van der Waals surface area contributed by atoms with Crippen molar-refractivity contribution in [2.24, 2.45) is 0 Å². The van der Waals surface area contributed by atoms with E-state index in [0.29, 0.717) is 38.6 Å². The second-order valence-electron chi connectivity index (χ2n) is 7.48. The Morgan fingerprint density at radius 3 is 2.85 bits per heavy atom. The number of aliphatic hydroxyl groups excluding tert-OH is 1. The highest BCUT2D eigenvalue weighted by Gasteiger charge is 2.38. The Morgan fingerprint density at radius 2 is 2.15 bits per heavy atom. The van der Waals surface area contributed by atoms with Crippen molar-refractivity contribution in [3.8, 4) is 0 Å². The molecule has 0 radical (unpaired) electrons. The minimum absolute atomic E-state index is 0.0772. The first kappa shape index (κ1) is 17.6. The predicted molar refractivity (Wildman–Crippen MR) is 99.0 cm³/mol. The molecule has 7 nitrogen and oxygen atoms in total. The van der Waals surface area contributed by atoms with Crippen LogP contribution < -0.4 is 0 Å². The van der Waals surface area contributed by atoms with Crippen molar-refractivity contribution in [1.82, 2.24) is 24.6 Å². The van der Waals surface area contributed by atoms with Gasteiger partial charge in [0.25, 0.3) is 5.91 Å². The lowest BCUT2D eigenvalue weighted by molar-refractivity contribution is 0.0708. The first-order valence-corrected chi connectivity index (χ1v) is 10.0. The van der Waals surface area contributed by atoms with E-state index in [-0.39, 0.29) is 18.1 Å². The predicted octanol–water partition coefficient (Wildman–Crippen LogP) is 1.82. The summed E-state index contributed by atoms with van der Waals surface area (Å²) in [6.07, 6.45) is 0.367. The summed E-state index contributed by atoms with van der Waals surface area (Å²) in [6.45, 7) is 8.77. The molecule has 4 rings (SSSR count). The van der Waals surface area contributed by atoms with Gasteiger partial charge in [0.1, 0.15) is 0 Å². The van der Waals surface area contributed by atoms with Gasteiger partial charge in [-0.1, -0.05) is 0 Å². The van der Waals surface area contributed by atoms with Gasteiger partial charge in [-0.15, -0.1) is 21.5 Å². The van der Waals surface area contributed by atoms with Gasteiger partial charge < -0.3 is 14.6 Å². The van der Waals surface area contributed by atoms with Gasteiger partial charge in [-0.05, 0) is 44.2 Å². The van der Waals surface area contributed by atoms with Crippen LogP contribution in [0.1, 0.15) is 53.2 Å². The maximum absolute atomic E-state index is 12.8. The number of hydrogen-bond donors (Lipinski definition) is 1. The molecule has 0 spiro atoms. The summed E-state index contributed by atoms with van der Waals surface area (Å²) in [7, 11) is 0. The Balaban J connectivity index is 1.56. The van der Waals surface area contributed by atoms with Crippen molar-refractivity contribution in [2.45, 2.75) is 58.5 Å². The van der Waals surface area contributed by atoms with Gasteiger partial charge in [-0.3, -0.25) is 9.69 Å². The summed E-state index contributed by atoms with van der Waals surface area (Å²) >= 11 is 1.49. The van der Waals surface area contributed by atoms with Gasteiger partial charge in [0.2, 0.25) is 0 Å². The monoisotopic (exact) mass is 375 g/mol. The number of amides is 1. The average Bonchev–Trinajstić information content (AvgIpc) is 3.31. The summed E-state index contributed by atoms with van der Waals surface area (Å²) in [5.41, 5.74) is 1.03. The first-order chi connectivity index (χ1) is 12.5. The maximum atomic E-state index is 12.8. The number of aliphatic hydroxyl groups is 1. The van der Waals surface area contributed by atoms with Crippen molar-refractivity contribution in [1.29, 1.82) is 0 Å². The van der Waals surface area contributed by atoms with Crippen LogP contribution in [-0.2, 0) is 13.1 Å². The molecular weight excluding hydrogens is 350 g/mol. The molecular formula is C18H25N5O2S. The molecule has 0 unspecified atom stereocenters. The fourth-order valence-electron chi connectivity index (χ4n) is 4.00. The lowest BCUT2D eigenvalue weighted by atomic mass is 10.1. The topological polar surface area (TPSA) is 74.5 Å². The number of carbonyl (C=O) groups excluding carboxylic acids is 1. The Morgan fingerprint density at radius 1 is 1.35 bits per heavy atom. The molecule has 1 amide bonds. The molecule has 0 aromatic carbocycles. The molecule has 2 aliphatic rings. The van der Waals surface area contributed by atoms with Gasteiger partial charge in [0, 0.05) is 25.7 Å². The van der Waals surface area contributed by atoms with Crippen LogP contribution in [0.25, 0.3) is 0 Å². The van der Waals surface area contributed by atoms with Gasteiger partial charge >= 0.3 is 0 Å². The van der Waals surface area contributed by atoms with Crippen LogP contribution in [0.4, 0.5) is 0 Å². The second-order valence-corrected chi connectivity index (χ2v) is 8.40. The van der Waals surface area contributed by atoms with Crippen LogP contribution in [0.2, 0.25) is 0 Å². The van der Waals surface area contributed by atoms with Crippen LogP contribution >= 0.6 is 11.3 Å². The molecule has 0 aliphatic carbocycles. The number of likely N-dealkylation sites (tertiary alicyclic amines) is 1. The zero-order valence-electron chi connectivity index (χ0n) is 15.4. The quantitative estimate of drug-likeness (QED) is 0.886. The standard InChI is InChI=1S/C18H25N5O2S/c1-11(2)23-9-13(24)8-14(23)17-20-19-15-10-21(5-6-22(15)17)18(25)16-12(3)4-7-26-16/h4,7,11,13-14,24H,5-6,8-10H2,1-3H3/t13-,14-/m0/s1. The number of hydrogen-bond acceptors (Lipinski definition) is 6. The largest absolute Gasteiger partial charge is 0.392 e. The lowest BCUT2D eigenvalue weighted by Gasteiger charge is -2.31. The summed E-state index contributed by atoms with van der Waals surface area (Å²) in [6, 6.07) is 2.41. The normalized spacial score (nSPS) is 23.7. The molecule has 140 valence electrons. The van der Waals surface area contributed by atoms with Crippen LogP contribution in [0.3, 0.4) is 0 Å². The molecule has 4 heterocycles. The highest BCUT2D eigenvalue weighted by molar-refractivity contribution is 7.12. The molecule has 26 heavy (non-hydrogen) atoms. The van der Waals surface area contributed by atoms with E-state index in [1.54, 1.807) is 0 Å². The Kier molecular flexibility index (Phi) is 4.58. The van der Waals surface area contributed by atoms with Crippen LogP contribution in [0.15, 0.2) is 11.4 Å². The van der Waals surface area contributed by atoms with E-state index >= 15 is 0 Å². The molecule has 1 fully saturated rings. The van der Waals surface area contributed by atoms with Crippen molar-refractivity contribution in [3.05, 3.63) is 33.5 Å². The minimum Gasteiger partial charge on any atom is -0.392 e. The number of carbonyl (C=O) groups is 1. The van der Waals surface area contributed by atoms with E-state index in [4.69, 9.17) is 0 Å². The summed E-state index contributed by atoms with van der Waals surface area (Å²) in [5, 5.41) is 20.9. The first-order valence-electron chi connectivity index (χ1n) is 9.15. The van der Waals surface area contributed by atoms with E-state index in [1.165, 1.54) is 11.3 Å². The number of thiophene rings is 1. The zero-order chi connectivity index (χ0) is 18.4. The van der Waals surface area contributed by atoms with E-state index < -0.39 is 0 Å². The highest BCUT2D eigenvalue weighted by Crippen LogP contribution is 2.34. The van der Waals surface area contributed by atoms with Crippen molar-refractivity contribution in [3.63, 3.8) is 0 Å². The third-order valence-electron chi connectivity index (χ3n) is 5.40. The van der Waals surface area contributed by atoms with E-state index in [0.717, 1.165) is 22.1 Å². The summed E-state index contributed by atoms with van der Waals surface area (Å²) in [4.78, 5) is 17.7. The molecule has 2 aromatic rings. The molecule has 1 saturated heterocycles. The third-order valence-corrected chi connectivity index (χ3v) is 6.41. The number of β-amino-alcohol motifs (C(OH)–C–C–N with tert-alkyl or cyclic N) is 1. The molecule has 1 N–H and O–H groups in total. The highest BCUT2D eigenvalue weighted by atomic mass is 32.1. The van der Waals surface area contributed by atoms with Crippen LogP contribution in [-0.4, -0.2) is 60.8 Å². The number of nitrogens with zero attached hydrogens (tertiary/aromatic N) is 5. The van der Waals surface area contributed by atoms with Gasteiger partial charge in [-0.2, -0.15) is 0 Å². The Hall–Kier alpha value is -1.77. The molecule has 0 bridgehead atoms. The second kappa shape index (κ2) is 6.75. The minimum atomic E-state index is -0.321. The van der Waals surface area contributed by atoms with Crippen molar-refractivity contribution < 1.29 is 9.90 Å². The number of rotatable bonds is 3. The summed E-state index contributed by atoms with van der Waals surface area (Å²) in [5.74, 6) is 1.83. The third kappa shape index (κ3) is 2.95. The van der Waals surface area contributed by atoms with Crippen molar-refractivity contribution in [2.75, 3.05) is 13.1 Å². The number of aryl methyl sites for hydroxylation is 1. The molecule has 8 heteroatoms. The molecule has 2 aliphatic heterocycles. The molecule has 2 atom stereocenters. The molecule has 0 saturated carbocycles. The van der Waals surface area contributed by atoms with Gasteiger partial charge in [-0.25, -0.2) is 0 Å². The SMILES string of the molecule is Cc1ccsc1C(=O)N1CCn2c(nnc2[C@@H]2C[C@H](O)CN2C(C)C)C1. The zero-order valence-corrected chi connectivity index (χ0v) is 16.2. The lowest BCUT2D eigenvalue weighted by Crippen LogP contribution is -2.39. The van der Waals surface area contributed by atoms with Crippen LogP contribution in [0, 0.1) is 6.92 Å². The Labute approximate surface area is 157 Å².